The summed E-state index contributed by atoms with van der Waals surface area (Å²) in [5, 5.41) is 78.4. The van der Waals surface area contributed by atoms with Gasteiger partial charge in [-0.3, -0.25) is 4.99 Å². The van der Waals surface area contributed by atoms with Crippen LogP contribution in [0.25, 0.3) is 0 Å². The molecule has 0 radical (unpaired) electrons. The van der Waals surface area contributed by atoms with E-state index in [0.29, 0.717) is 5.56 Å². The van der Waals surface area contributed by atoms with E-state index in [9.17, 15) is 55.2 Å². The van der Waals surface area contributed by atoms with E-state index in [4.69, 9.17) is 9.47 Å². The molecule has 0 unspecified atom stereocenters. The van der Waals surface area contributed by atoms with Gasteiger partial charge in [0.15, 0.2) is 17.5 Å². The van der Waals surface area contributed by atoms with Crippen molar-refractivity contribution in [2.24, 2.45) is 4.99 Å². The Bertz CT molecular complexity index is 1260. The molecule has 0 bridgehead atoms. The number of phenols is 1. The van der Waals surface area contributed by atoms with E-state index < -0.39 is 78.8 Å². The van der Waals surface area contributed by atoms with E-state index in [-0.39, 0.29) is 42.3 Å². The van der Waals surface area contributed by atoms with Gasteiger partial charge in [0, 0.05) is 30.8 Å². The van der Waals surface area contributed by atoms with Gasteiger partial charge in [0.25, 0.3) is 0 Å². The van der Waals surface area contributed by atoms with Gasteiger partial charge >= 0.3 is 17.9 Å². The molecule has 218 valence electrons. The molecule has 1 fully saturated rings. The Morgan fingerprint density at radius 3 is 2.35 bits per heavy atom. The Hall–Kier alpha value is -3.73. The summed E-state index contributed by atoms with van der Waals surface area (Å²) >= 11 is 0. The van der Waals surface area contributed by atoms with Crippen molar-refractivity contribution in [3.63, 3.8) is 0 Å². The molecule has 3 aliphatic heterocycles. The van der Waals surface area contributed by atoms with Crippen LogP contribution in [0.5, 0.6) is 11.5 Å². The second kappa shape index (κ2) is 12.2. The summed E-state index contributed by atoms with van der Waals surface area (Å²) in [4.78, 5) is 39.7. The van der Waals surface area contributed by atoms with Crippen LogP contribution in [0.3, 0.4) is 0 Å². The molecule has 8 N–H and O–H groups in total. The fourth-order valence-corrected chi connectivity index (χ4v) is 4.51. The molecule has 0 aliphatic carbocycles. The van der Waals surface area contributed by atoms with E-state index >= 15 is 0 Å². The number of ether oxygens (including phenoxy) is 2. The Kier molecular flexibility index (Phi) is 9.40. The zero-order valence-corrected chi connectivity index (χ0v) is 21.3. The fourth-order valence-electron chi connectivity index (χ4n) is 4.51. The number of nitrogens with zero attached hydrogens (tertiary/aromatic N) is 2. The normalized spacial score (nSPS) is 29.7. The topological polar surface area (TPSA) is 247 Å². The van der Waals surface area contributed by atoms with Gasteiger partial charge in [-0.1, -0.05) is 0 Å². The van der Waals surface area contributed by atoms with Crippen LogP contribution in [0.2, 0.25) is 0 Å². The standard InChI is InChI=1S/C24H26N2O13.ClH/c27-8-17-18(29)19(30)20(31)24(39-17)38-16-6-10-5-14(23(36)37)26(13(10)7-15(16)28)2-1-9-3-11(21(32)33)25-12(4-9)22(34)35;/h1-3,6-7,12,14,17-20,24,27-31H,4-5,8H2,(H,32,33)(H,34,35)(H,36,37);1H/b2-1+;/t12-,14-,17+,18+,19-,20+,24+;/m0./s1. The molecule has 4 rings (SSSR count). The van der Waals surface area contributed by atoms with Crippen molar-refractivity contribution in [3.8, 4) is 11.5 Å². The molecule has 1 aromatic carbocycles. The minimum absolute atomic E-state index is 0. The summed E-state index contributed by atoms with van der Waals surface area (Å²) < 4.78 is 10.8. The van der Waals surface area contributed by atoms with Crippen LogP contribution < -0.4 is 9.64 Å². The molecule has 40 heavy (non-hydrogen) atoms. The fraction of sp³-hybridized carbons (Fsp3) is 0.417. The van der Waals surface area contributed by atoms with Gasteiger partial charge in [0.05, 0.1) is 6.61 Å². The van der Waals surface area contributed by atoms with Crippen molar-refractivity contribution in [1.29, 1.82) is 0 Å². The Morgan fingerprint density at radius 1 is 1.05 bits per heavy atom. The highest BCUT2D eigenvalue weighted by Crippen LogP contribution is 2.42. The molecule has 16 heteroatoms. The molecule has 0 amide bonds. The maximum Gasteiger partial charge on any atom is 0.354 e. The van der Waals surface area contributed by atoms with E-state index in [0.717, 1.165) is 0 Å². The van der Waals surface area contributed by atoms with Crippen molar-refractivity contribution >= 4 is 41.7 Å². The van der Waals surface area contributed by atoms with Crippen LogP contribution in [-0.2, 0) is 25.5 Å². The molecule has 15 nitrogen and oxygen atoms in total. The summed E-state index contributed by atoms with van der Waals surface area (Å²) in [5.41, 5.74) is 0.477. The first kappa shape index (κ1) is 30.8. The third kappa shape index (κ3) is 6.04. The smallest absolute Gasteiger partial charge is 0.354 e. The average molecular weight is 587 g/mol. The molecular weight excluding hydrogens is 560 g/mol. The summed E-state index contributed by atoms with van der Waals surface area (Å²) in [7, 11) is 0. The third-order valence-electron chi connectivity index (χ3n) is 6.56. The van der Waals surface area contributed by atoms with Crippen LogP contribution in [-0.4, -0.2) is 114 Å². The third-order valence-corrected chi connectivity index (χ3v) is 6.56. The predicted octanol–water partition coefficient (Wildman–Crippen LogP) is -1.37. The first-order valence-electron chi connectivity index (χ1n) is 11.7. The number of carboxylic acids is 3. The molecule has 0 spiro atoms. The van der Waals surface area contributed by atoms with Gasteiger partial charge in [-0.05, 0) is 29.4 Å². The van der Waals surface area contributed by atoms with Gasteiger partial charge in [-0.2, -0.15) is 0 Å². The number of dihydropyridines is 1. The lowest BCUT2D eigenvalue weighted by Crippen LogP contribution is -2.60. The molecule has 3 heterocycles. The number of phenolic OH excluding ortho intramolecular Hbond substituents is 1. The van der Waals surface area contributed by atoms with Crippen molar-refractivity contribution in [2.75, 3.05) is 11.5 Å². The number of aliphatic carboxylic acids is 3. The van der Waals surface area contributed by atoms with E-state index in [1.54, 1.807) is 0 Å². The number of rotatable bonds is 8. The van der Waals surface area contributed by atoms with E-state index in [2.05, 4.69) is 4.99 Å². The number of aromatic hydroxyl groups is 1. The highest BCUT2D eigenvalue weighted by molar-refractivity contribution is 6.41. The van der Waals surface area contributed by atoms with Crippen LogP contribution in [0.15, 0.2) is 41.1 Å². The molecule has 1 aromatic rings. The Balaban J connectivity index is 0.00000441. The second-order valence-corrected chi connectivity index (χ2v) is 9.14. The predicted molar refractivity (Wildman–Crippen MR) is 136 cm³/mol. The number of anilines is 1. The van der Waals surface area contributed by atoms with Crippen LogP contribution in [0, 0.1) is 0 Å². The maximum absolute atomic E-state index is 12.0. The number of hydrogen-bond donors (Lipinski definition) is 8. The van der Waals surface area contributed by atoms with Crippen LogP contribution in [0.1, 0.15) is 12.0 Å². The number of carboxylic acid groups (broad SMARTS) is 3. The molecule has 7 atom stereocenters. The SMILES string of the molecule is Cl.O=C(O)C1=N[C@H](C(=O)O)CC(/C=C/N2c3cc(O)c(O[C@@H]4O[C@H](CO)[C@@H](O)[C@H](O)[C@H]4O)cc3C[C@H]2C(=O)O)=C1. The number of hydrogen-bond acceptors (Lipinski definition) is 12. The molecule has 3 aliphatic rings. The lowest BCUT2D eigenvalue weighted by Gasteiger charge is -2.39. The number of aliphatic hydroxyl groups excluding tert-OH is 4. The Morgan fingerprint density at radius 2 is 1.75 bits per heavy atom. The lowest BCUT2D eigenvalue weighted by molar-refractivity contribution is -0.277. The number of aliphatic hydroxyl groups is 4. The molecule has 0 saturated carbocycles. The number of carbonyl (C=O) groups is 3. The Labute approximate surface area is 231 Å². The molecule has 0 aromatic heterocycles. The van der Waals surface area contributed by atoms with Gasteiger partial charge in [0.2, 0.25) is 6.29 Å². The highest BCUT2D eigenvalue weighted by atomic mass is 35.5. The van der Waals surface area contributed by atoms with Gasteiger partial charge in [-0.15, -0.1) is 12.4 Å². The summed E-state index contributed by atoms with van der Waals surface area (Å²) in [6, 6.07) is 0.0330. The molecule has 1 saturated heterocycles. The first-order valence-corrected chi connectivity index (χ1v) is 11.7. The first-order chi connectivity index (χ1) is 18.4. The van der Waals surface area contributed by atoms with E-state index in [1.807, 2.05) is 0 Å². The number of allylic oxidation sites excluding steroid dienone is 1. The largest absolute Gasteiger partial charge is 0.504 e. The summed E-state index contributed by atoms with van der Waals surface area (Å²) in [6.45, 7) is -0.688. The summed E-state index contributed by atoms with van der Waals surface area (Å²) in [6.07, 6.45) is -4.19. The second-order valence-electron chi connectivity index (χ2n) is 9.14. The molecular formula is C24H27ClN2O13. The lowest BCUT2D eigenvalue weighted by atomic mass is 9.99. The minimum Gasteiger partial charge on any atom is -0.504 e. The quantitative estimate of drug-likeness (QED) is 0.175. The summed E-state index contributed by atoms with van der Waals surface area (Å²) in [5.74, 6) is -4.67. The van der Waals surface area contributed by atoms with Gasteiger partial charge < -0.3 is 55.2 Å². The van der Waals surface area contributed by atoms with Crippen molar-refractivity contribution in [2.45, 2.75) is 55.6 Å². The minimum atomic E-state index is -1.74. The number of halogens is 1. The van der Waals surface area contributed by atoms with Crippen LogP contribution >= 0.6 is 12.4 Å². The number of aliphatic imine (C=N–C) groups is 1. The van der Waals surface area contributed by atoms with E-state index in [1.165, 1.54) is 35.4 Å². The highest BCUT2D eigenvalue weighted by Gasteiger charge is 2.45. The average Bonchev–Trinajstić information content (AvgIpc) is 3.24. The zero-order valence-electron chi connectivity index (χ0n) is 20.5. The maximum atomic E-state index is 12.0. The number of benzene rings is 1. The van der Waals surface area contributed by atoms with Crippen molar-refractivity contribution < 1.29 is 64.7 Å². The van der Waals surface area contributed by atoms with Crippen molar-refractivity contribution in [1.82, 2.24) is 0 Å². The zero-order chi connectivity index (χ0) is 28.6. The number of fused-ring (bicyclic) bond motifs is 1. The van der Waals surface area contributed by atoms with Gasteiger partial charge in [0.1, 0.15) is 36.2 Å². The van der Waals surface area contributed by atoms with Gasteiger partial charge in [-0.25, -0.2) is 14.4 Å². The monoisotopic (exact) mass is 586 g/mol. The van der Waals surface area contributed by atoms with Crippen molar-refractivity contribution in [3.05, 3.63) is 41.6 Å². The van der Waals surface area contributed by atoms with Crippen LogP contribution in [0.4, 0.5) is 5.69 Å².